The molecule has 0 aliphatic carbocycles. The molecule has 3 N–H and O–H groups in total. The third kappa shape index (κ3) is 4.12. The van der Waals surface area contributed by atoms with E-state index in [1.807, 2.05) is 6.07 Å². The number of nitrogens with one attached hydrogen (secondary N) is 1. The van der Waals surface area contributed by atoms with Crippen LogP contribution in [-0.2, 0) is 0 Å². The van der Waals surface area contributed by atoms with Crippen LogP contribution in [0.1, 0.15) is 50.9 Å². The number of carbonyl (C=O) groups is 1. The first-order valence-electron chi connectivity index (χ1n) is 8.46. The second-order valence-corrected chi connectivity index (χ2v) is 9.25. The van der Waals surface area contributed by atoms with Gasteiger partial charge in [-0.05, 0) is 52.0 Å². The van der Waals surface area contributed by atoms with Gasteiger partial charge in [-0.15, -0.1) is 0 Å². The minimum atomic E-state index is -0.604. The Morgan fingerprint density at radius 3 is 2.48 bits per heavy atom. The smallest absolute Gasteiger partial charge is 0.349 e. The molecule has 1 aromatic carbocycles. The lowest BCUT2D eigenvalue weighted by Gasteiger charge is -2.43. The van der Waals surface area contributed by atoms with Crippen molar-refractivity contribution in [2.75, 3.05) is 0 Å². The second-order valence-electron chi connectivity index (χ2n) is 8.33. The van der Waals surface area contributed by atoms with Crippen molar-refractivity contribution >= 4 is 32.8 Å². The molecule has 2 heterocycles. The Hall–Kier alpha value is -1.66. The summed E-state index contributed by atoms with van der Waals surface area (Å²) in [5.41, 5.74) is 0.000274. The summed E-state index contributed by atoms with van der Waals surface area (Å²) in [4.78, 5) is 24.9. The summed E-state index contributed by atoms with van der Waals surface area (Å²) in [7, 11) is 0. The zero-order valence-corrected chi connectivity index (χ0v) is 16.6. The lowest BCUT2D eigenvalue weighted by molar-refractivity contribution is -0.787. The quantitative estimate of drug-likeness (QED) is 0.750. The molecule has 5 nitrogen and oxygen atoms in total. The molecule has 1 aliphatic rings. The van der Waals surface area contributed by atoms with Gasteiger partial charge in [-0.3, -0.25) is 4.79 Å². The van der Waals surface area contributed by atoms with Crippen molar-refractivity contribution in [1.29, 1.82) is 0 Å². The number of hydrogen-bond acceptors (Lipinski definition) is 3. The van der Waals surface area contributed by atoms with Crippen LogP contribution in [-0.4, -0.2) is 23.0 Å². The van der Waals surface area contributed by atoms with Crippen molar-refractivity contribution in [1.82, 2.24) is 5.32 Å². The number of quaternary nitrogens is 1. The van der Waals surface area contributed by atoms with Gasteiger partial charge in [0.25, 0.3) is 5.91 Å². The van der Waals surface area contributed by atoms with E-state index >= 15 is 0 Å². The Morgan fingerprint density at radius 2 is 1.84 bits per heavy atom. The zero-order valence-electron chi connectivity index (χ0n) is 15.0. The van der Waals surface area contributed by atoms with Crippen LogP contribution in [0.25, 0.3) is 11.0 Å². The third-order valence-electron chi connectivity index (χ3n) is 4.60. The first-order valence-corrected chi connectivity index (χ1v) is 9.25. The minimum Gasteiger partial charge on any atom is -0.422 e. The summed E-state index contributed by atoms with van der Waals surface area (Å²) in [6.07, 6.45) is 1.71. The predicted molar refractivity (Wildman–Crippen MR) is 101 cm³/mol. The van der Waals surface area contributed by atoms with Crippen LogP contribution in [0.15, 0.2) is 37.9 Å². The maximum absolute atomic E-state index is 12.7. The van der Waals surface area contributed by atoms with Crippen molar-refractivity contribution in [3.63, 3.8) is 0 Å². The van der Waals surface area contributed by atoms with Gasteiger partial charge < -0.3 is 15.1 Å². The van der Waals surface area contributed by atoms with Gasteiger partial charge in [0.05, 0.1) is 11.1 Å². The number of carbonyl (C=O) groups excluding carboxylic acids is 1. The highest BCUT2D eigenvalue weighted by Crippen LogP contribution is 2.23. The van der Waals surface area contributed by atoms with E-state index in [0.717, 1.165) is 22.7 Å². The van der Waals surface area contributed by atoms with Gasteiger partial charge >= 0.3 is 5.63 Å². The fourth-order valence-electron chi connectivity index (χ4n) is 4.14. The first kappa shape index (κ1) is 18.1. The van der Waals surface area contributed by atoms with Gasteiger partial charge in [0.1, 0.15) is 11.1 Å². The molecule has 1 fully saturated rings. The fourth-order valence-corrected chi connectivity index (χ4v) is 4.51. The molecule has 1 aromatic heterocycles. The fraction of sp³-hybridized carbons (Fsp3) is 0.474. The number of halogens is 1. The van der Waals surface area contributed by atoms with Gasteiger partial charge in [0.2, 0.25) is 0 Å². The lowest BCUT2D eigenvalue weighted by Crippen LogP contribution is -3.06. The summed E-state index contributed by atoms with van der Waals surface area (Å²) in [5, 5.41) is 6.11. The summed E-state index contributed by atoms with van der Waals surface area (Å²) in [6.45, 7) is 8.70. The molecule has 0 atom stereocenters. The zero-order chi connectivity index (χ0) is 18.4. The van der Waals surface area contributed by atoms with E-state index in [0.29, 0.717) is 5.58 Å². The molecule has 0 unspecified atom stereocenters. The number of benzene rings is 1. The second kappa shape index (κ2) is 6.25. The third-order valence-corrected chi connectivity index (χ3v) is 5.09. The molecule has 3 rings (SSSR count). The van der Waals surface area contributed by atoms with Crippen LogP contribution in [0.3, 0.4) is 0 Å². The highest BCUT2D eigenvalue weighted by atomic mass is 79.9. The van der Waals surface area contributed by atoms with Crippen molar-refractivity contribution in [3.05, 3.63) is 44.7 Å². The topological polar surface area (TPSA) is 75.9 Å². The molecule has 0 radical (unpaired) electrons. The lowest BCUT2D eigenvalue weighted by atomic mass is 9.79. The molecule has 0 saturated carbocycles. The highest BCUT2D eigenvalue weighted by Gasteiger charge is 2.42. The van der Waals surface area contributed by atoms with Crippen LogP contribution < -0.4 is 16.3 Å². The van der Waals surface area contributed by atoms with Gasteiger partial charge in [-0.1, -0.05) is 15.9 Å². The molecule has 1 aliphatic heterocycles. The van der Waals surface area contributed by atoms with Crippen molar-refractivity contribution < 1.29 is 14.5 Å². The van der Waals surface area contributed by atoms with Gasteiger partial charge in [0, 0.05) is 28.7 Å². The summed E-state index contributed by atoms with van der Waals surface area (Å²) in [6, 6.07) is 6.97. The Labute approximate surface area is 155 Å². The van der Waals surface area contributed by atoms with Gasteiger partial charge in [0.15, 0.2) is 0 Å². The number of fused-ring (bicyclic) bond motifs is 1. The van der Waals surface area contributed by atoms with Crippen LogP contribution >= 0.6 is 15.9 Å². The number of rotatable bonds is 2. The molecule has 6 heteroatoms. The van der Waals surface area contributed by atoms with Crippen LogP contribution in [0.2, 0.25) is 0 Å². The Balaban J connectivity index is 1.87. The van der Waals surface area contributed by atoms with Gasteiger partial charge in [-0.2, -0.15) is 0 Å². The van der Waals surface area contributed by atoms with Crippen molar-refractivity contribution in [3.8, 4) is 0 Å². The van der Waals surface area contributed by atoms with E-state index in [2.05, 4.69) is 54.3 Å². The average molecular weight is 408 g/mol. The van der Waals surface area contributed by atoms with Crippen LogP contribution in [0.4, 0.5) is 0 Å². The summed E-state index contributed by atoms with van der Waals surface area (Å²) in [5.74, 6) is -0.367. The molecule has 1 saturated heterocycles. The SMILES string of the molecule is CC1(C)CC(NC(=O)c2cc3cc(Br)ccc3oc2=O)CC(C)(C)[NH2+]1. The number of nitrogens with two attached hydrogens (primary N) is 1. The Morgan fingerprint density at radius 1 is 1.20 bits per heavy atom. The Bertz CT molecular complexity index is 870. The standard InChI is InChI=1S/C19H23BrN2O3/c1-18(2)9-13(10-19(3,4)22-18)21-16(23)14-8-11-7-12(20)5-6-15(11)25-17(14)24/h5-8,13,22H,9-10H2,1-4H3,(H,21,23)/p+1. The highest BCUT2D eigenvalue weighted by molar-refractivity contribution is 9.10. The summed E-state index contributed by atoms with van der Waals surface area (Å²) >= 11 is 3.39. The van der Waals surface area contributed by atoms with Crippen molar-refractivity contribution in [2.45, 2.75) is 57.7 Å². The average Bonchev–Trinajstić information content (AvgIpc) is 2.43. The van der Waals surface area contributed by atoms with Crippen LogP contribution in [0, 0.1) is 0 Å². The van der Waals surface area contributed by atoms with E-state index in [1.165, 1.54) is 0 Å². The molecular formula is C19H24BrN2O3+. The van der Waals surface area contributed by atoms with E-state index < -0.39 is 5.63 Å². The molecule has 134 valence electrons. The number of piperidine rings is 1. The van der Waals surface area contributed by atoms with Crippen LogP contribution in [0.5, 0.6) is 0 Å². The maximum atomic E-state index is 12.7. The molecule has 25 heavy (non-hydrogen) atoms. The molecule has 1 amide bonds. The molecular weight excluding hydrogens is 384 g/mol. The van der Waals surface area contributed by atoms with E-state index in [1.54, 1.807) is 18.2 Å². The molecule has 2 aromatic rings. The monoisotopic (exact) mass is 407 g/mol. The molecule has 0 bridgehead atoms. The van der Waals surface area contributed by atoms with E-state index in [4.69, 9.17) is 4.42 Å². The number of hydrogen-bond donors (Lipinski definition) is 2. The van der Waals surface area contributed by atoms with Gasteiger partial charge in [-0.25, -0.2) is 4.79 Å². The predicted octanol–water partition coefficient (Wildman–Crippen LogP) is 2.57. The molecule has 0 spiro atoms. The minimum absolute atomic E-state index is 0.0279. The van der Waals surface area contributed by atoms with E-state index in [9.17, 15) is 9.59 Å². The summed E-state index contributed by atoms with van der Waals surface area (Å²) < 4.78 is 6.16. The normalized spacial score (nSPS) is 19.7. The number of amides is 1. The van der Waals surface area contributed by atoms with E-state index in [-0.39, 0.29) is 28.6 Å². The maximum Gasteiger partial charge on any atom is 0.349 e. The Kier molecular flexibility index (Phi) is 4.54. The largest absolute Gasteiger partial charge is 0.422 e. The van der Waals surface area contributed by atoms with Crippen molar-refractivity contribution in [2.24, 2.45) is 0 Å². The first-order chi connectivity index (χ1) is 11.5.